The molecule has 0 spiro atoms. The van der Waals surface area contributed by atoms with Gasteiger partial charge in [0.05, 0.1) is 13.7 Å². The second kappa shape index (κ2) is 14.5. The molecule has 1 unspecified atom stereocenters. The fourth-order valence-corrected chi connectivity index (χ4v) is 3.90. The number of nitrogens with zero attached hydrogens (tertiary/aromatic N) is 1. The van der Waals surface area contributed by atoms with Crippen LogP contribution in [0.5, 0.6) is 5.75 Å². The van der Waals surface area contributed by atoms with Crippen LogP contribution in [0.2, 0.25) is 0 Å². The number of hydrogen-bond acceptors (Lipinski definition) is 6. The van der Waals surface area contributed by atoms with Gasteiger partial charge in [-0.05, 0) is 49.3 Å². The average Bonchev–Trinajstić information content (AvgIpc) is 2.84. The molecule has 2 rings (SSSR count). The van der Waals surface area contributed by atoms with Crippen LogP contribution in [0.25, 0.3) is 0 Å². The zero-order valence-electron chi connectivity index (χ0n) is 21.0. The lowest BCUT2D eigenvalue weighted by Gasteiger charge is -2.31. The Morgan fingerprint density at radius 1 is 1.09 bits per heavy atom. The molecule has 0 bridgehead atoms. The summed E-state index contributed by atoms with van der Waals surface area (Å²) >= 11 is 0. The molecule has 1 aromatic rings. The Hall–Kier alpha value is -2.77. The van der Waals surface area contributed by atoms with Crippen LogP contribution in [0, 0.1) is 11.8 Å². The third-order valence-corrected chi connectivity index (χ3v) is 5.94. The number of likely N-dealkylation sites (tertiary alicyclic amines) is 1. The highest BCUT2D eigenvalue weighted by atomic mass is 16.6. The van der Waals surface area contributed by atoms with E-state index >= 15 is 0 Å². The van der Waals surface area contributed by atoms with Crippen molar-refractivity contribution in [2.75, 3.05) is 26.8 Å². The molecule has 0 aliphatic carbocycles. The van der Waals surface area contributed by atoms with Gasteiger partial charge in [0.15, 0.2) is 0 Å². The smallest absolute Gasteiger partial charge is 0.410 e. The van der Waals surface area contributed by atoms with Crippen LogP contribution >= 0.6 is 0 Å². The van der Waals surface area contributed by atoms with Crippen molar-refractivity contribution in [2.45, 2.75) is 71.9 Å². The van der Waals surface area contributed by atoms with Gasteiger partial charge in [-0.15, -0.1) is 0 Å². The molecule has 1 aromatic carbocycles. The van der Waals surface area contributed by atoms with Crippen LogP contribution in [-0.2, 0) is 25.7 Å². The molecule has 1 fully saturated rings. The second-order valence-corrected chi connectivity index (χ2v) is 9.23. The summed E-state index contributed by atoms with van der Waals surface area (Å²) in [6, 6.07) is 6.93. The molecule has 1 aliphatic heterocycles. The van der Waals surface area contributed by atoms with Crippen molar-refractivity contribution < 1.29 is 28.6 Å². The first-order chi connectivity index (χ1) is 16.3. The highest BCUT2D eigenvalue weighted by Crippen LogP contribution is 2.20. The van der Waals surface area contributed by atoms with E-state index in [1.807, 2.05) is 38.1 Å². The molecule has 190 valence electrons. The Bertz CT molecular complexity index is 772. The molecule has 34 heavy (non-hydrogen) atoms. The Morgan fingerprint density at radius 2 is 1.76 bits per heavy atom. The number of carbonyl (C=O) groups excluding carboxylic acids is 3. The summed E-state index contributed by atoms with van der Waals surface area (Å²) in [6.07, 6.45) is 4.55. The minimum absolute atomic E-state index is 0.166. The molecule has 1 aliphatic rings. The van der Waals surface area contributed by atoms with Gasteiger partial charge in [0, 0.05) is 19.0 Å². The maximum absolute atomic E-state index is 12.7. The zero-order chi connectivity index (χ0) is 24.9. The first kappa shape index (κ1) is 27.5. The first-order valence-corrected chi connectivity index (χ1v) is 12.4. The molecule has 1 heterocycles. The summed E-state index contributed by atoms with van der Waals surface area (Å²) in [4.78, 5) is 38.7. The highest BCUT2D eigenvalue weighted by molar-refractivity contribution is 5.85. The molecule has 1 saturated heterocycles. The largest absolute Gasteiger partial charge is 0.494 e. The van der Waals surface area contributed by atoms with E-state index in [9.17, 15) is 14.4 Å². The summed E-state index contributed by atoms with van der Waals surface area (Å²) in [5, 5.41) is 2.82. The van der Waals surface area contributed by atoms with Gasteiger partial charge in [-0.1, -0.05) is 45.7 Å². The van der Waals surface area contributed by atoms with Gasteiger partial charge in [-0.2, -0.15) is 0 Å². The summed E-state index contributed by atoms with van der Waals surface area (Å²) in [6.45, 7) is 7.91. The lowest BCUT2D eigenvalue weighted by molar-refractivity contribution is -0.146. The van der Waals surface area contributed by atoms with Gasteiger partial charge in [0.1, 0.15) is 18.4 Å². The number of amides is 2. The van der Waals surface area contributed by atoms with Crippen LogP contribution in [0.3, 0.4) is 0 Å². The van der Waals surface area contributed by atoms with Gasteiger partial charge in [0.25, 0.3) is 0 Å². The maximum atomic E-state index is 12.7. The van der Waals surface area contributed by atoms with Crippen LogP contribution in [0.15, 0.2) is 24.3 Å². The number of rotatable bonds is 12. The lowest BCUT2D eigenvalue weighted by atomic mass is 9.95. The predicted molar refractivity (Wildman–Crippen MR) is 129 cm³/mol. The molecule has 2 amide bonds. The summed E-state index contributed by atoms with van der Waals surface area (Å²) in [7, 11) is 1.32. The van der Waals surface area contributed by atoms with Crippen molar-refractivity contribution in [3.63, 3.8) is 0 Å². The van der Waals surface area contributed by atoms with Gasteiger partial charge >= 0.3 is 12.1 Å². The van der Waals surface area contributed by atoms with Crippen molar-refractivity contribution in [2.24, 2.45) is 11.8 Å². The van der Waals surface area contributed by atoms with E-state index in [1.165, 1.54) is 7.11 Å². The van der Waals surface area contributed by atoms with Crippen LogP contribution in [0.1, 0.15) is 64.9 Å². The Labute approximate surface area is 203 Å². The quantitative estimate of drug-likeness (QED) is 0.357. The molecule has 8 nitrogen and oxygen atoms in total. The molecule has 8 heteroatoms. The van der Waals surface area contributed by atoms with Crippen molar-refractivity contribution in [3.05, 3.63) is 29.8 Å². The fourth-order valence-electron chi connectivity index (χ4n) is 3.90. The fraction of sp³-hybridized carbons (Fsp3) is 0.654. The van der Waals surface area contributed by atoms with E-state index in [0.717, 1.165) is 30.6 Å². The Kier molecular flexibility index (Phi) is 11.7. The van der Waals surface area contributed by atoms with E-state index in [-0.39, 0.29) is 30.4 Å². The Balaban J connectivity index is 1.73. The molecule has 0 aromatic heterocycles. The monoisotopic (exact) mass is 476 g/mol. The van der Waals surface area contributed by atoms with E-state index in [2.05, 4.69) is 12.2 Å². The summed E-state index contributed by atoms with van der Waals surface area (Å²) < 4.78 is 16.0. The SMILES string of the molecule is CCCCCOc1ccc(COC(=O)N2CCC(C(=O)NC(CC(C)C)C(=O)OC)CC2)cc1. The molecule has 1 N–H and O–H groups in total. The van der Waals surface area contributed by atoms with E-state index in [0.29, 0.717) is 39.0 Å². The van der Waals surface area contributed by atoms with Crippen molar-refractivity contribution in [3.8, 4) is 5.75 Å². The number of unbranched alkanes of at least 4 members (excludes halogenated alkanes) is 2. The molecule has 0 radical (unpaired) electrons. The second-order valence-electron chi connectivity index (χ2n) is 9.23. The average molecular weight is 477 g/mol. The third-order valence-electron chi connectivity index (χ3n) is 5.94. The van der Waals surface area contributed by atoms with E-state index in [4.69, 9.17) is 14.2 Å². The van der Waals surface area contributed by atoms with Crippen LogP contribution in [0.4, 0.5) is 4.79 Å². The first-order valence-electron chi connectivity index (χ1n) is 12.4. The van der Waals surface area contributed by atoms with Crippen molar-refractivity contribution in [1.82, 2.24) is 10.2 Å². The maximum Gasteiger partial charge on any atom is 0.410 e. The van der Waals surface area contributed by atoms with Crippen LogP contribution in [-0.4, -0.2) is 55.7 Å². The number of nitrogens with one attached hydrogen (secondary N) is 1. The van der Waals surface area contributed by atoms with Gasteiger partial charge < -0.3 is 24.4 Å². The molecule has 0 saturated carbocycles. The van der Waals surface area contributed by atoms with Gasteiger partial charge in [-0.3, -0.25) is 4.79 Å². The summed E-state index contributed by atoms with van der Waals surface area (Å²) in [5.74, 6) is 0.221. The summed E-state index contributed by atoms with van der Waals surface area (Å²) in [5.41, 5.74) is 0.891. The number of methoxy groups -OCH3 is 1. The standard InChI is InChI=1S/C26H40N2O6/c1-5-6-7-16-33-22-10-8-20(9-11-22)18-34-26(31)28-14-12-21(13-15-28)24(29)27-23(17-19(2)3)25(30)32-4/h8-11,19,21,23H,5-7,12-18H2,1-4H3,(H,27,29). The van der Waals surface area contributed by atoms with Gasteiger partial charge in [0.2, 0.25) is 5.91 Å². The number of hydrogen-bond donors (Lipinski definition) is 1. The lowest BCUT2D eigenvalue weighted by Crippen LogP contribution is -2.48. The third kappa shape index (κ3) is 9.23. The Morgan fingerprint density at radius 3 is 2.35 bits per heavy atom. The molecule has 1 atom stereocenters. The number of carbonyl (C=O) groups is 3. The zero-order valence-corrected chi connectivity index (χ0v) is 21.0. The number of benzene rings is 1. The molecular weight excluding hydrogens is 436 g/mol. The number of ether oxygens (including phenoxy) is 3. The van der Waals surface area contributed by atoms with E-state index in [1.54, 1.807) is 4.90 Å². The van der Waals surface area contributed by atoms with E-state index < -0.39 is 12.0 Å². The van der Waals surface area contributed by atoms with Gasteiger partial charge in [-0.25, -0.2) is 9.59 Å². The predicted octanol–water partition coefficient (Wildman–Crippen LogP) is 4.31. The number of esters is 1. The minimum atomic E-state index is -0.645. The number of piperidine rings is 1. The molecular formula is C26H40N2O6. The highest BCUT2D eigenvalue weighted by Gasteiger charge is 2.31. The normalized spacial score (nSPS) is 15.0. The van der Waals surface area contributed by atoms with Crippen LogP contribution < -0.4 is 10.1 Å². The van der Waals surface area contributed by atoms with Crippen molar-refractivity contribution in [1.29, 1.82) is 0 Å². The minimum Gasteiger partial charge on any atom is -0.494 e. The topological polar surface area (TPSA) is 94.2 Å². The van der Waals surface area contributed by atoms with Crippen molar-refractivity contribution >= 4 is 18.0 Å².